The Morgan fingerprint density at radius 2 is 1.95 bits per heavy atom. The van der Waals surface area contributed by atoms with Gasteiger partial charge in [0, 0.05) is 7.05 Å². The minimum atomic E-state index is 0.393. The number of aryl methyl sites for hydroxylation is 2. The number of nitrogens with two attached hydrogens (primary N) is 1. The summed E-state index contributed by atoms with van der Waals surface area (Å²) >= 11 is 12.0. The van der Waals surface area contributed by atoms with Crippen molar-refractivity contribution >= 4 is 40.3 Å². The van der Waals surface area contributed by atoms with Gasteiger partial charge in [-0.15, -0.1) is 0 Å². The van der Waals surface area contributed by atoms with E-state index in [0.717, 1.165) is 22.5 Å². The second-order valence-electron chi connectivity index (χ2n) is 4.29. The third-order valence-corrected chi connectivity index (χ3v) is 3.73. The maximum absolute atomic E-state index is 6.05. The van der Waals surface area contributed by atoms with Crippen LogP contribution in [0.4, 0.5) is 5.95 Å². The van der Waals surface area contributed by atoms with Crippen LogP contribution in [0, 0.1) is 6.92 Å². The minimum absolute atomic E-state index is 0.393. The van der Waals surface area contributed by atoms with Gasteiger partial charge in [-0.2, -0.15) is 5.10 Å². The molecule has 19 heavy (non-hydrogen) atoms. The van der Waals surface area contributed by atoms with Gasteiger partial charge in [0.2, 0.25) is 5.95 Å². The van der Waals surface area contributed by atoms with Crippen molar-refractivity contribution < 1.29 is 0 Å². The zero-order valence-electron chi connectivity index (χ0n) is 10.4. The van der Waals surface area contributed by atoms with Crippen molar-refractivity contribution in [3.8, 4) is 5.69 Å². The maximum Gasteiger partial charge on any atom is 0.207 e. The van der Waals surface area contributed by atoms with E-state index in [-0.39, 0.29) is 0 Å². The van der Waals surface area contributed by atoms with E-state index in [4.69, 9.17) is 28.9 Å². The molecule has 0 amide bonds. The van der Waals surface area contributed by atoms with E-state index in [0.29, 0.717) is 16.0 Å². The van der Waals surface area contributed by atoms with Gasteiger partial charge in [-0.1, -0.05) is 23.2 Å². The standard InChI is InChI=1S/C12H11Cl2N5/c1-6-10-11(18(2)17-6)19(12(15)16-10)7-3-4-8(13)9(14)5-7/h3-5H,1-2H3,(H2,15,16). The molecule has 0 atom stereocenters. The topological polar surface area (TPSA) is 61.7 Å². The third-order valence-electron chi connectivity index (χ3n) is 2.99. The van der Waals surface area contributed by atoms with E-state index in [1.54, 1.807) is 21.4 Å². The highest BCUT2D eigenvalue weighted by atomic mass is 35.5. The number of halogens is 2. The molecule has 0 unspecified atom stereocenters. The van der Waals surface area contributed by atoms with Crippen molar-refractivity contribution in [3.63, 3.8) is 0 Å². The highest BCUT2D eigenvalue weighted by Crippen LogP contribution is 2.29. The van der Waals surface area contributed by atoms with E-state index < -0.39 is 0 Å². The summed E-state index contributed by atoms with van der Waals surface area (Å²) in [6.45, 7) is 1.90. The van der Waals surface area contributed by atoms with Gasteiger partial charge in [-0.3, -0.25) is 4.57 Å². The fourth-order valence-corrected chi connectivity index (χ4v) is 2.46. The largest absolute Gasteiger partial charge is 0.369 e. The fourth-order valence-electron chi connectivity index (χ4n) is 2.17. The Bertz CT molecular complexity index is 787. The van der Waals surface area contributed by atoms with Crippen LogP contribution < -0.4 is 5.73 Å². The van der Waals surface area contributed by atoms with Crippen molar-refractivity contribution in [3.05, 3.63) is 33.9 Å². The Hall–Kier alpha value is -1.72. The molecule has 3 rings (SSSR count). The molecule has 0 saturated heterocycles. The van der Waals surface area contributed by atoms with E-state index in [1.807, 2.05) is 20.0 Å². The van der Waals surface area contributed by atoms with Gasteiger partial charge in [0.15, 0.2) is 5.65 Å². The summed E-state index contributed by atoms with van der Waals surface area (Å²) in [6.07, 6.45) is 0. The summed E-state index contributed by atoms with van der Waals surface area (Å²) in [5.41, 5.74) is 9.24. The molecule has 0 spiro atoms. The second-order valence-corrected chi connectivity index (χ2v) is 5.10. The number of fused-ring (bicyclic) bond motifs is 1. The molecule has 1 aromatic carbocycles. The summed E-state index contributed by atoms with van der Waals surface area (Å²) in [5, 5.41) is 5.31. The molecule has 5 nitrogen and oxygen atoms in total. The maximum atomic E-state index is 6.05. The van der Waals surface area contributed by atoms with Crippen LogP contribution in [0.2, 0.25) is 10.0 Å². The minimum Gasteiger partial charge on any atom is -0.369 e. The number of imidazole rings is 1. The SMILES string of the molecule is Cc1nn(C)c2c1nc(N)n2-c1ccc(Cl)c(Cl)c1. The van der Waals surface area contributed by atoms with Gasteiger partial charge in [0.1, 0.15) is 5.52 Å². The molecule has 0 fully saturated rings. The summed E-state index contributed by atoms with van der Waals surface area (Å²) < 4.78 is 3.55. The molecule has 2 N–H and O–H groups in total. The Morgan fingerprint density at radius 1 is 1.21 bits per heavy atom. The molecular formula is C12H11Cl2N5. The van der Waals surface area contributed by atoms with Crippen LogP contribution in [0.3, 0.4) is 0 Å². The molecule has 2 heterocycles. The smallest absolute Gasteiger partial charge is 0.207 e. The van der Waals surface area contributed by atoms with E-state index in [2.05, 4.69) is 10.1 Å². The monoisotopic (exact) mass is 295 g/mol. The second kappa shape index (κ2) is 4.15. The van der Waals surface area contributed by atoms with Crippen molar-refractivity contribution in [1.29, 1.82) is 0 Å². The lowest BCUT2D eigenvalue weighted by atomic mass is 10.3. The quantitative estimate of drug-likeness (QED) is 0.751. The Balaban J connectivity index is 2.35. The Labute approximate surface area is 119 Å². The van der Waals surface area contributed by atoms with Crippen LogP contribution in [0.5, 0.6) is 0 Å². The first-order chi connectivity index (χ1) is 8.99. The lowest BCUT2D eigenvalue weighted by molar-refractivity contribution is 0.762. The lowest BCUT2D eigenvalue weighted by Gasteiger charge is -2.08. The fraction of sp³-hybridized carbons (Fsp3) is 0.167. The molecule has 2 aromatic heterocycles. The van der Waals surface area contributed by atoms with Crippen LogP contribution in [0.1, 0.15) is 5.69 Å². The molecule has 0 bridgehead atoms. The molecule has 0 aliphatic heterocycles. The highest BCUT2D eigenvalue weighted by Gasteiger charge is 2.17. The zero-order valence-corrected chi connectivity index (χ0v) is 11.9. The highest BCUT2D eigenvalue weighted by molar-refractivity contribution is 6.42. The molecule has 98 valence electrons. The van der Waals surface area contributed by atoms with Gasteiger partial charge in [-0.25, -0.2) is 9.67 Å². The van der Waals surface area contributed by atoms with Crippen LogP contribution in [0.25, 0.3) is 16.9 Å². The molecule has 3 aromatic rings. The molecule has 7 heteroatoms. The predicted octanol–water partition coefficient (Wildman–Crippen LogP) is 2.96. The van der Waals surface area contributed by atoms with Gasteiger partial charge in [0.25, 0.3) is 0 Å². The molecular weight excluding hydrogens is 285 g/mol. The van der Waals surface area contributed by atoms with Gasteiger partial charge < -0.3 is 5.73 Å². The van der Waals surface area contributed by atoms with Crippen molar-refractivity contribution in [2.75, 3.05) is 5.73 Å². The number of benzene rings is 1. The summed E-state index contributed by atoms with van der Waals surface area (Å²) in [7, 11) is 1.85. The summed E-state index contributed by atoms with van der Waals surface area (Å²) in [6, 6.07) is 5.32. The number of anilines is 1. The lowest BCUT2D eigenvalue weighted by Crippen LogP contribution is -2.04. The average molecular weight is 296 g/mol. The molecule has 0 aliphatic carbocycles. The Kier molecular flexibility index (Phi) is 2.69. The zero-order chi connectivity index (χ0) is 13.7. The van der Waals surface area contributed by atoms with Gasteiger partial charge in [0.05, 0.1) is 21.4 Å². The number of nitrogen functional groups attached to an aromatic ring is 1. The molecule has 0 aliphatic rings. The molecule has 0 radical (unpaired) electrons. The molecule has 0 saturated carbocycles. The number of hydrogen-bond donors (Lipinski definition) is 1. The van der Waals surface area contributed by atoms with Crippen molar-refractivity contribution in [2.24, 2.45) is 7.05 Å². The summed E-state index contributed by atoms with van der Waals surface area (Å²) in [4.78, 5) is 4.34. The first-order valence-corrected chi connectivity index (χ1v) is 6.37. The number of aromatic nitrogens is 4. The first kappa shape index (κ1) is 12.3. The first-order valence-electron chi connectivity index (χ1n) is 5.62. The average Bonchev–Trinajstić information content (AvgIpc) is 2.82. The predicted molar refractivity (Wildman–Crippen MR) is 77.0 cm³/mol. The normalized spacial score (nSPS) is 11.4. The van der Waals surface area contributed by atoms with E-state index in [1.165, 1.54) is 0 Å². The van der Waals surface area contributed by atoms with E-state index in [9.17, 15) is 0 Å². The van der Waals surface area contributed by atoms with Gasteiger partial charge >= 0.3 is 0 Å². The van der Waals surface area contributed by atoms with Crippen LogP contribution in [-0.2, 0) is 7.05 Å². The van der Waals surface area contributed by atoms with E-state index >= 15 is 0 Å². The van der Waals surface area contributed by atoms with Crippen LogP contribution in [-0.4, -0.2) is 19.3 Å². The van der Waals surface area contributed by atoms with Crippen LogP contribution in [0.15, 0.2) is 18.2 Å². The number of nitrogens with zero attached hydrogens (tertiary/aromatic N) is 4. The number of rotatable bonds is 1. The third kappa shape index (κ3) is 1.77. The Morgan fingerprint density at radius 3 is 2.63 bits per heavy atom. The number of hydrogen-bond acceptors (Lipinski definition) is 3. The summed E-state index contributed by atoms with van der Waals surface area (Å²) in [5.74, 6) is 0.393. The van der Waals surface area contributed by atoms with Crippen molar-refractivity contribution in [1.82, 2.24) is 19.3 Å². The van der Waals surface area contributed by atoms with Gasteiger partial charge in [-0.05, 0) is 25.1 Å². The van der Waals surface area contributed by atoms with Crippen molar-refractivity contribution in [2.45, 2.75) is 6.92 Å². The van der Waals surface area contributed by atoms with Crippen LogP contribution >= 0.6 is 23.2 Å².